The maximum absolute atomic E-state index is 14.0. The molecule has 3 nitrogen and oxygen atoms in total. The van der Waals surface area contributed by atoms with E-state index in [2.05, 4.69) is 9.47 Å². The van der Waals surface area contributed by atoms with Crippen LogP contribution in [0.4, 0.5) is 57.5 Å². The molecule has 0 spiro atoms. The highest BCUT2D eigenvalue weighted by Crippen LogP contribution is 2.58. The van der Waals surface area contributed by atoms with Gasteiger partial charge in [0.05, 0.1) is 11.1 Å². The third kappa shape index (κ3) is 6.46. The Bertz CT molecular complexity index is 869. The Morgan fingerprint density at radius 1 is 0.771 bits per heavy atom. The van der Waals surface area contributed by atoms with Crippen LogP contribution >= 0.6 is 0 Å². The van der Waals surface area contributed by atoms with Gasteiger partial charge in [-0.3, -0.25) is 0 Å². The fourth-order valence-corrected chi connectivity index (χ4v) is 3.02. The number of carbonyl (C=O) groups excluding carboxylic acids is 1. The summed E-state index contributed by atoms with van der Waals surface area (Å²) in [5, 5.41) is 0. The van der Waals surface area contributed by atoms with Gasteiger partial charge in [0.2, 0.25) is 0 Å². The van der Waals surface area contributed by atoms with Crippen LogP contribution < -0.4 is 0 Å². The molecular formula is C20H20F12O3. The van der Waals surface area contributed by atoms with E-state index in [4.69, 9.17) is 0 Å². The summed E-state index contributed by atoms with van der Waals surface area (Å²) < 4.78 is 175. The second-order valence-electron chi connectivity index (χ2n) is 8.54. The van der Waals surface area contributed by atoms with Crippen LogP contribution in [0, 0.1) is 0 Å². The van der Waals surface area contributed by atoms with Crippen LogP contribution in [-0.4, -0.2) is 24.1 Å². The van der Waals surface area contributed by atoms with Crippen molar-refractivity contribution < 1.29 is 67.0 Å². The number of ether oxygens (including phenoxy) is 2. The molecule has 0 amide bonds. The lowest BCUT2D eigenvalue weighted by Crippen LogP contribution is -2.58. The normalized spacial score (nSPS) is 15.1. The van der Waals surface area contributed by atoms with E-state index in [0.717, 1.165) is 27.7 Å². The number of carbonyl (C=O) groups is 1. The fourth-order valence-electron chi connectivity index (χ4n) is 3.02. The molecule has 1 aromatic carbocycles. The molecule has 1 unspecified atom stereocenters. The lowest BCUT2D eigenvalue weighted by molar-refractivity contribution is -0.379. The topological polar surface area (TPSA) is 35.5 Å². The Hall–Kier alpha value is -2.35. The highest BCUT2D eigenvalue weighted by atomic mass is 19.4. The summed E-state index contributed by atoms with van der Waals surface area (Å²) >= 11 is 0. The highest BCUT2D eigenvalue weighted by Gasteiger charge is 2.78. The van der Waals surface area contributed by atoms with E-state index in [1.807, 2.05) is 0 Å². The van der Waals surface area contributed by atoms with Crippen molar-refractivity contribution >= 4 is 6.16 Å². The lowest BCUT2D eigenvalue weighted by Gasteiger charge is -2.39. The number of alkyl halides is 12. The fraction of sp³-hybridized carbons (Fsp3) is 0.650. The number of hydrogen-bond donors (Lipinski definition) is 0. The SMILES string of the molecule is CCC(C)c1cc(C(F)(F)F)c(C(OC(=O)OC(C)(C)C)(C(F)(F)F)C(F)(F)F)c(C(F)(F)F)c1. The minimum Gasteiger partial charge on any atom is -0.429 e. The zero-order valence-electron chi connectivity index (χ0n) is 18.7. The molecule has 0 fully saturated rings. The van der Waals surface area contributed by atoms with Gasteiger partial charge in [-0.15, -0.1) is 0 Å². The lowest BCUT2D eigenvalue weighted by atomic mass is 9.80. The molecule has 0 saturated carbocycles. The predicted octanol–water partition coefficient (Wildman–Crippen LogP) is 8.51. The molecular weight excluding hydrogens is 516 g/mol. The van der Waals surface area contributed by atoms with Crippen LogP contribution in [0.25, 0.3) is 0 Å². The summed E-state index contributed by atoms with van der Waals surface area (Å²) in [7, 11) is 0. The molecule has 15 heteroatoms. The van der Waals surface area contributed by atoms with Crippen LogP contribution in [0.2, 0.25) is 0 Å². The van der Waals surface area contributed by atoms with Gasteiger partial charge in [0.1, 0.15) is 5.60 Å². The molecule has 1 atom stereocenters. The van der Waals surface area contributed by atoms with Crippen molar-refractivity contribution in [1.29, 1.82) is 0 Å². The van der Waals surface area contributed by atoms with Crippen molar-refractivity contribution in [1.82, 2.24) is 0 Å². The van der Waals surface area contributed by atoms with Gasteiger partial charge in [-0.25, -0.2) is 4.79 Å². The number of rotatable bonds is 4. The van der Waals surface area contributed by atoms with Crippen molar-refractivity contribution in [2.45, 2.75) is 82.9 Å². The maximum atomic E-state index is 14.0. The minimum atomic E-state index is -7.04. The van der Waals surface area contributed by atoms with E-state index >= 15 is 0 Å². The van der Waals surface area contributed by atoms with Crippen molar-refractivity contribution in [3.63, 3.8) is 0 Å². The monoisotopic (exact) mass is 536 g/mol. The molecule has 0 aliphatic rings. The third-order valence-corrected chi connectivity index (χ3v) is 4.73. The first-order valence-corrected chi connectivity index (χ1v) is 9.67. The number of halogens is 12. The van der Waals surface area contributed by atoms with E-state index in [0.29, 0.717) is 0 Å². The molecule has 0 aromatic heterocycles. The van der Waals surface area contributed by atoms with E-state index in [9.17, 15) is 57.5 Å². The summed E-state index contributed by atoms with van der Waals surface area (Å²) in [5.74, 6) is -1.12. The molecule has 0 aliphatic carbocycles. The van der Waals surface area contributed by atoms with Gasteiger partial charge >= 0.3 is 36.5 Å². The molecule has 35 heavy (non-hydrogen) atoms. The van der Waals surface area contributed by atoms with Gasteiger partial charge in [-0.05, 0) is 50.8 Å². The zero-order valence-corrected chi connectivity index (χ0v) is 18.7. The van der Waals surface area contributed by atoms with E-state index in [-0.39, 0.29) is 18.6 Å². The molecule has 0 saturated heterocycles. The Kier molecular flexibility index (Phi) is 8.12. The molecule has 0 heterocycles. The molecule has 0 radical (unpaired) electrons. The summed E-state index contributed by atoms with van der Waals surface area (Å²) in [6.45, 7) is 5.31. The smallest absolute Gasteiger partial charge is 0.429 e. The summed E-state index contributed by atoms with van der Waals surface area (Å²) in [5.41, 5.74) is -18.2. The summed E-state index contributed by atoms with van der Waals surface area (Å²) in [6.07, 6.45) is -29.3. The molecule has 1 aromatic rings. The zero-order chi connectivity index (χ0) is 28.0. The van der Waals surface area contributed by atoms with Crippen molar-refractivity contribution in [3.8, 4) is 0 Å². The Morgan fingerprint density at radius 2 is 1.14 bits per heavy atom. The first kappa shape index (κ1) is 30.7. The summed E-state index contributed by atoms with van der Waals surface area (Å²) in [4.78, 5) is 11.9. The van der Waals surface area contributed by atoms with Gasteiger partial charge in [-0.2, -0.15) is 52.7 Å². The van der Waals surface area contributed by atoms with E-state index < -0.39 is 70.2 Å². The molecule has 0 bridgehead atoms. The average molecular weight is 536 g/mol. The van der Waals surface area contributed by atoms with Crippen LogP contribution in [0.5, 0.6) is 0 Å². The van der Waals surface area contributed by atoms with Crippen molar-refractivity contribution in [2.24, 2.45) is 0 Å². The Balaban J connectivity index is 4.40. The van der Waals surface area contributed by atoms with Crippen LogP contribution in [0.3, 0.4) is 0 Å². The van der Waals surface area contributed by atoms with Crippen molar-refractivity contribution in [2.75, 3.05) is 0 Å². The van der Waals surface area contributed by atoms with Crippen molar-refractivity contribution in [3.05, 3.63) is 34.4 Å². The number of benzene rings is 1. The van der Waals surface area contributed by atoms with Crippen LogP contribution in [0.15, 0.2) is 12.1 Å². The predicted molar refractivity (Wildman–Crippen MR) is 96.3 cm³/mol. The van der Waals surface area contributed by atoms with Gasteiger partial charge < -0.3 is 9.47 Å². The second kappa shape index (κ2) is 9.26. The third-order valence-electron chi connectivity index (χ3n) is 4.73. The molecule has 202 valence electrons. The second-order valence-corrected chi connectivity index (χ2v) is 8.54. The first-order valence-electron chi connectivity index (χ1n) is 9.67. The highest BCUT2D eigenvalue weighted by molar-refractivity contribution is 5.63. The maximum Gasteiger partial charge on any atom is 0.510 e. The van der Waals surface area contributed by atoms with E-state index in [1.54, 1.807) is 0 Å². The largest absolute Gasteiger partial charge is 0.510 e. The Labute approximate surface area is 191 Å². The first-order chi connectivity index (χ1) is 15.3. The van der Waals surface area contributed by atoms with Gasteiger partial charge in [-0.1, -0.05) is 13.8 Å². The molecule has 1 rings (SSSR count). The van der Waals surface area contributed by atoms with E-state index in [1.165, 1.54) is 6.92 Å². The van der Waals surface area contributed by atoms with Crippen LogP contribution in [0.1, 0.15) is 69.2 Å². The standard InChI is InChI=1S/C20H20F12O3/c1-6-9(2)10-7-11(17(21,22)23)13(12(8-10)18(24,25)26)16(19(27,28)29,20(30,31)32)35-14(33)34-15(3,4)5/h7-9H,6H2,1-5H3. The summed E-state index contributed by atoms with van der Waals surface area (Å²) in [6, 6.07) is -0.493. The van der Waals surface area contributed by atoms with Gasteiger partial charge in [0.25, 0.3) is 0 Å². The minimum absolute atomic E-state index is 0.105. The Morgan fingerprint density at radius 3 is 1.40 bits per heavy atom. The molecule has 0 aliphatic heterocycles. The van der Waals surface area contributed by atoms with Crippen LogP contribution in [-0.2, 0) is 27.4 Å². The number of hydrogen-bond acceptors (Lipinski definition) is 3. The molecule has 0 N–H and O–H groups in total. The quantitative estimate of drug-likeness (QED) is 0.286. The van der Waals surface area contributed by atoms with Gasteiger partial charge in [0.15, 0.2) is 0 Å². The average Bonchev–Trinajstić information content (AvgIpc) is 2.59. The van der Waals surface area contributed by atoms with Gasteiger partial charge in [0, 0.05) is 5.56 Å².